The fourth-order valence-electron chi connectivity index (χ4n) is 2.25. The van der Waals surface area contributed by atoms with Crippen LogP contribution >= 0.6 is 0 Å². The molecule has 1 aromatic rings. The molecule has 0 amide bonds. The van der Waals surface area contributed by atoms with E-state index in [-0.39, 0.29) is 5.56 Å². The summed E-state index contributed by atoms with van der Waals surface area (Å²) in [6.07, 6.45) is 2.39. The van der Waals surface area contributed by atoms with Gasteiger partial charge in [0, 0.05) is 13.1 Å². The number of sulfonamides is 1. The molecular formula is C14H15FN2O4S. The molecule has 8 heteroatoms. The summed E-state index contributed by atoms with van der Waals surface area (Å²) in [6, 6.07) is 4.64. The molecule has 0 saturated carbocycles. The van der Waals surface area contributed by atoms with Gasteiger partial charge < -0.3 is 4.74 Å². The molecule has 22 heavy (non-hydrogen) atoms. The molecule has 0 atom stereocenters. The molecule has 118 valence electrons. The standard InChI is InChI=1S/C14H15FN2O4S/c15-12-5-4-11(14(18)21-9-6-16)10-13(12)22(19,20)17-7-2-1-3-8-17/h4-5,10H,1-3,7-9H2. The van der Waals surface area contributed by atoms with Crippen molar-refractivity contribution in [3.8, 4) is 6.07 Å². The third-order valence-corrected chi connectivity index (χ3v) is 5.28. The number of hydrogen-bond donors (Lipinski definition) is 0. The van der Waals surface area contributed by atoms with Crippen molar-refractivity contribution in [3.63, 3.8) is 0 Å². The Kier molecular flexibility index (Phi) is 5.11. The van der Waals surface area contributed by atoms with E-state index in [1.54, 1.807) is 6.07 Å². The number of ether oxygens (including phenoxy) is 1. The van der Waals surface area contributed by atoms with Gasteiger partial charge in [-0.25, -0.2) is 17.6 Å². The zero-order chi connectivity index (χ0) is 16.2. The van der Waals surface area contributed by atoms with Crippen LogP contribution in [0, 0.1) is 17.1 Å². The Morgan fingerprint density at radius 3 is 2.64 bits per heavy atom. The molecule has 1 aliphatic rings. The fourth-order valence-corrected chi connectivity index (χ4v) is 3.86. The molecule has 6 nitrogen and oxygen atoms in total. The molecule has 0 radical (unpaired) electrons. The molecule has 0 aromatic heterocycles. The Balaban J connectivity index is 2.33. The zero-order valence-electron chi connectivity index (χ0n) is 11.8. The Labute approximate surface area is 128 Å². The third-order valence-electron chi connectivity index (χ3n) is 3.37. The minimum absolute atomic E-state index is 0.104. The van der Waals surface area contributed by atoms with Crippen molar-refractivity contribution in [1.82, 2.24) is 4.31 Å². The van der Waals surface area contributed by atoms with Crippen LogP contribution in [0.1, 0.15) is 29.6 Å². The number of rotatable bonds is 4. The molecule has 0 spiro atoms. The van der Waals surface area contributed by atoms with Crippen LogP contribution < -0.4 is 0 Å². The number of halogens is 1. The summed E-state index contributed by atoms with van der Waals surface area (Å²) in [5.74, 6) is -1.78. The summed E-state index contributed by atoms with van der Waals surface area (Å²) in [6.45, 7) is 0.222. The Morgan fingerprint density at radius 1 is 1.32 bits per heavy atom. The minimum Gasteiger partial charge on any atom is -0.447 e. The minimum atomic E-state index is -3.98. The number of nitriles is 1. The van der Waals surface area contributed by atoms with Crippen molar-refractivity contribution in [3.05, 3.63) is 29.6 Å². The highest BCUT2D eigenvalue weighted by Gasteiger charge is 2.29. The second-order valence-corrected chi connectivity index (χ2v) is 6.75. The topological polar surface area (TPSA) is 87.5 Å². The molecule has 0 N–H and O–H groups in total. The molecule has 1 heterocycles. The highest BCUT2D eigenvalue weighted by molar-refractivity contribution is 7.89. The van der Waals surface area contributed by atoms with E-state index in [1.807, 2.05) is 0 Å². The number of nitrogens with zero attached hydrogens (tertiary/aromatic N) is 2. The molecule has 1 aliphatic heterocycles. The van der Waals surface area contributed by atoms with Crippen LogP contribution in [0.3, 0.4) is 0 Å². The van der Waals surface area contributed by atoms with E-state index in [0.717, 1.165) is 37.5 Å². The average Bonchev–Trinajstić information content (AvgIpc) is 2.53. The van der Waals surface area contributed by atoms with Crippen LogP contribution in [0.25, 0.3) is 0 Å². The second-order valence-electron chi connectivity index (χ2n) is 4.84. The summed E-state index contributed by atoms with van der Waals surface area (Å²) >= 11 is 0. The van der Waals surface area contributed by atoms with Gasteiger partial charge in [-0.15, -0.1) is 0 Å². The molecule has 1 aromatic carbocycles. The maximum atomic E-state index is 13.9. The van der Waals surface area contributed by atoms with Crippen LogP contribution in [-0.2, 0) is 14.8 Å². The molecule has 0 aliphatic carbocycles. The first-order valence-electron chi connectivity index (χ1n) is 6.80. The maximum Gasteiger partial charge on any atom is 0.339 e. The van der Waals surface area contributed by atoms with Crippen LogP contribution in [0.2, 0.25) is 0 Å². The lowest BCUT2D eigenvalue weighted by Crippen LogP contribution is -2.36. The lowest BCUT2D eigenvalue weighted by Gasteiger charge is -2.26. The molecule has 2 rings (SSSR count). The number of piperidine rings is 1. The van der Waals surface area contributed by atoms with Gasteiger partial charge in [0.25, 0.3) is 0 Å². The predicted octanol–water partition coefficient (Wildman–Crippen LogP) is 1.68. The van der Waals surface area contributed by atoms with Crippen molar-refractivity contribution < 1.29 is 22.3 Å². The number of benzene rings is 1. The van der Waals surface area contributed by atoms with Crippen molar-refractivity contribution in [2.45, 2.75) is 24.2 Å². The Morgan fingerprint density at radius 2 is 2.00 bits per heavy atom. The molecule has 1 saturated heterocycles. The number of hydrogen-bond acceptors (Lipinski definition) is 5. The van der Waals surface area contributed by atoms with E-state index in [4.69, 9.17) is 5.26 Å². The van der Waals surface area contributed by atoms with E-state index in [9.17, 15) is 17.6 Å². The normalized spacial score (nSPS) is 16.0. The van der Waals surface area contributed by atoms with Crippen molar-refractivity contribution in [2.75, 3.05) is 19.7 Å². The van der Waals surface area contributed by atoms with Crippen molar-refractivity contribution >= 4 is 16.0 Å². The molecule has 0 unspecified atom stereocenters. The Hall–Kier alpha value is -1.98. The number of carbonyl (C=O) groups excluding carboxylic acids is 1. The van der Waals surface area contributed by atoms with Gasteiger partial charge in [0.1, 0.15) is 16.8 Å². The van der Waals surface area contributed by atoms with Gasteiger partial charge in [-0.05, 0) is 31.0 Å². The largest absolute Gasteiger partial charge is 0.447 e. The molecule has 0 bridgehead atoms. The zero-order valence-corrected chi connectivity index (χ0v) is 12.6. The van der Waals surface area contributed by atoms with Gasteiger partial charge in [0.2, 0.25) is 10.0 Å². The average molecular weight is 326 g/mol. The fraction of sp³-hybridized carbons (Fsp3) is 0.429. The summed E-state index contributed by atoms with van der Waals surface area (Å²) < 4.78 is 44.7. The summed E-state index contributed by atoms with van der Waals surface area (Å²) in [7, 11) is -3.98. The first kappa shape index (κ1) is 16.4. The monoisotopic (exact) mass is 326 g/mol. The number of carbonyl (C=O) groups is 1. The Bertz CT molecular complexity index is 706. The summed E-state index contributed by atoms with van der Waals surface area (Å²) in [5, 5.41) is 8.37. The van der Waals surface area contributed by atoms with E-state index >= 15 is 0 Å². The molecular weight excluding hydrogens is 311 g/mol. The number of esters is 1. The van der Waals surface area contributed by atoms with E-state index < -0.39 is 33.3 Å². The van der Waals surface area contributed by atoms with Gasteiger partial charge in [0.05, 0.1) is 5.56 Å². The van der Waals surface area contributed by atoms with Crippen LogP contribution in [0.15, 0.2) is 23.1 Å². The van der Waals surface area contributed by atoms with Crippen molar-refractivity contribution in [1.29, 1.82) is 5.26 Å². The van der Waals surface area contributed by atoms with Gasteiger partial charge in [-0.1, -0.05) is 6.42 Å². The first-order valence-corrected chi connectivity index (χ1v) is 8.24. The van der Waals surface area contributed by atoms with E-state index in [1.165, 1.54) is 4.31 Å². The van der Waals surface area contributed by atoms with Gasteiger partial charge in [0.15, 0.2) is 6.61 Å². The van der Waals surface area contributed by atoms with Crippen LogP contribution in [0.5, 0.6) is 0 Å². The van der Waals surface area contributed by atoms with Crippen LogP contribution in [-0.4, -0.2) is 38.4 Å². The second kappa shape index (κ2) is 6.85. The highest BCUT2D eigenvalue weighted by atomic mass is 32.2. The van der Waals surface area contributed by atoms with Crippen LogP contribution in [0.4, 0.5) is 4.39 Å². The van der Waals surface area contributed by atoms with E-state index in [2.05, 4.69) is 4.74 Å². The lowest BCUT2D eigenvalue weighted by molar-refractivity contribution is 0.0554. The first-order chi connectivity index (χ1) is 10.5. The van der Waals surface area contributed by atoms with Gasteiger partial charge in [-0.3, -0.25) is 0 Å². The quantitative estimate of drug-likeness (QED) is 0.786. The smallest absolute Gasteiger partial charge is 0.339 e. The van der Waals surface area contributed by atoms with E-state index in [0.29, 0.717) is 13.1 Å². The summed E-state index contributed by atoms with van der Waals surface area (Å²) in [5.41, 5.74) is -0.104. The lowest BCUT2D eigenvalue weighted by atomic mass is 10.2. The van der Waals surface area contributed by atoms with Crippen molar-refractivity contribution in [2.24, 2.45) is 0 Å². The third kappa shape index (κ3) is 3.43. The predicted molar refractivity (Wildman–Crippen MR) is 74.9 cm³/mol. The van der Waals surface area contributed by atoms with Gasteiger partial charge in [-0.2, -0.15) is 9.57 Å². The SMILES string of the molecule is N#CCOC(=O)c1ccc(F)c(S(=O)(=O)N2CCCCC2)c1. The highest BCUT2D eigenvalue weighted by Crippen LogP contribution is 2.24. The molecule has 1 fully saturated rings. The summed E-state index contributed by atoms with van der Waals surface area (Å²) in [4.78, 5) is 11.1. The maximum absolute atomic E-state index is 13.9. The van der Waals surface area contributed by atoms with Gasteiger partial charge >= 0.3 is 5.97 Å².